The van der Waals surface area contributed by atoms with Gasteiger partial charge in [0.05, 0.1) is 25.9 Å². The Labute approximate surface area is 213 Å². The number of rotatable bonds is 8. The number of terminal acetylenes is 1. The van der Waals surface area contributed by atoms with Crippen LogP contribution < -0.4 is 21.9 Å². The Balaban J connectivity index is 1.30. The van der Waals surface area contributed by atoms with E-state index in [1.165, 1.54) is 0 Å². The van der Waals surface area contributed by atoms with Crippen molar-refractivity contribution in [1.29, 1.82) is 0 Å². The number of ether oxygens (including phenoxy) is 3. The lowest BCUT2D eigenvalue weighted by atomic mass is 9.95. The second-order valence-electron chi connectivity index (χ2n) is 9.83. The highest BCUT2D eigenvalue weighted by atomic mass is 16.8. The molecule has 2 aromatic heterocycles. The van der Waals surface area contributed by atoms with Gasteiger partial charge < -0.3 is 30.4 Å². The summed E-state index contributed by atoms with van der Waals surface area (Å²) in [6, 6.07) is 0. The molecule has 13 heteroatoms. The molecule has 0 spiro atoms. The van der Waals surface area contributed by atoms with Crippen LogP contribution in [0.15, 0.2) is 6.33 Å². The minimum absolute atomic E-state index is 0.0684. The molecule has 2 unspecified atom stereocenters. The van der Waals surface area contributed by atoms with Crippen molar-refractivity contribution in [3.05, 3.63) is 12.2 Å². The van der Waals surface area contributed by atoms with Crippen LogP contribution in [0.2, 0.25) is 0 Å². The number of carbonyl (C=O) groups is 1. The summed E-state index contributed by atoms with van der Waals surface area (Å²) in [6.45, 7) is 3.95. The Morgan fingerprint density at radius 1 is 1.38 bits per heavy atom. The standard InChI is InChI=1S/C24H30N8O5/c1-4-5-8-24(30-31-24)12-16(34)26-10-6-7-15-28-19(25)17-20(29-15)32(14-27-17)21-18-23(9-11-33,13-35-21)37-22(2,3)36-18/h1,14,18,21,30-31,33H,5,8-13H2,2-3H3,(H,26,34)(H2,25,28,29)/t18?,21-,23?/m0/s1. The summed E-state index contributed by atoms with van der Waals surface area (Å²) in [4.78, 5) is 25.4. The Bertz CT molecular complexity index is 1300. The zero-order valence-corrected chi connectivity index (χ0v) is 20.7. The first-order chi connectivity index (χ1) is 17.7. The molecule has 3 fully saturated rings. The third kappa shape index (κ3) is 4.98. The van der Waals surface area contributed by atoms with Crippen LogP contribution in [-0.4, -0.2) is 73.4 Å². The molecule has 0 saturated carbocycles. The summed E-state index contributed by atoms with van der Waals surface area (Å²) in [5, 5.41) is 12.4. The van der Waals surface area contributed by atoms with Gasteiger partial charge in [-0.15, -0.1) is 12.3 Å². The molecule has 0 bridgehead atoms. The average Bonchev–Trinajstić information content (AvgIpc) is 3.20. The fourth-order valence-corrected chi connectivity index (χ4v) is 4.87. The maximum absolute atomic E-state index is 12.2. The molecular weight excluding hydrogens is 480 g/mol. The molecule has 3 aliphatic rings. The minimum atomic E-state index is -0.833. The fourth-order valence-electron chi connectivity index (χ4n) is 4.87. The lowest BCUT2D eigenvalue weighted by Gasteiger charge is -2.25. The van der Waals surface area contributed by atoms with E-state index in [9.17, 15) is 9.90 Å². The van der Waals surface area contributed by atoms with Gasteiger partial charge in [-0.3, -0.25) is 9.36 Å². The molecule has 0 radical (unpaired) electrons. The molecule has 37 heavy (non-hydrogen) atoms. The smallest absolute Gasteiger partial charge is 0.224 e. The molecule has 1 amide bonds. The second-order valence-corrected chi connectivity index (χ2v) is 9.83. The topological polar surface area (TPSA) is 191 Å². The van der Waals surface area contributed by atoms with Gasteiger partial charge in [-0.2, -0.15) is 0 Å². The molecule has 5 rings (SSSR count). The van der Waals surface area contributed by atoms with Crippen molar-refractivity contribution in [2.75, 3.05) is 25.5 Å². The van der Waals surface area contributed by atoms with Gasteiger partial charge in [0.25, 0.3) is 0 Å². The summed E-state index contributed by atoms with van der Waals surface area (Å²) < 4.78 is 20.1. The van der Waals surface area contributed by atoms with Gasteiger partial charge >= 0.3 is 0 Å². The van der Waals surface area contributed by atoms with Gasteiger partial charge in [-0.1, -0.05) is 5.92 Å². The van der Waals surface area contributed by atoms with Crippen molar-refractivity contribution in [3.8, 4) is 24.2 Å². The SMILES string of the molecule is C#CCCC1(CC(=O)NCC#Cc2nc(N)c3ncn([C@H]4OCC5(CCO)OC(C)(C)OC45)c3n2)NN1. The molecule has 5 heterocycles. The third-order valence-electron chi connectivity index (χ3n) is 6.60. The summed E-state index contributed by atoms with van der Waals surface area (Å²) >= 11 is 0. The van der Waals surface area contributed by atoms with Crippen LogP contribution in [0.5, 0.6) is 0 Å². The largest absolute Gasteiger partial charge is 0.396 e. The van der Waals surface area contributed by atoms with E-state index in [2.05, 4.69) is 48.9 Å². The zero-order chi connectivity index (χ0) is 26.3. The summed E-state index contributed by atoms with van der Waals surface area (Å²) in [5.74, 6) is 7.63. The first kappa shape index (κ1) is 25.4. The number of aliphatic hydroxyl groups is 1. The highest BCUT2D eigenvalue weighted by molar-refractivity contribution is 5.82. The van der Waals surface area contributed by atoms with Crippen molar-refractivity contribution in [1.82, 2.24) is 35.7 Å². The predicted molar refractivity (Wildman–Crippen MR) is 131 cm³/mol. The number of imidazole rings is 1. The van der Waals surface area contributed by atoms with Crippen molar-refractivity contribution < 1.29 is 24.1 Å². The molecular formula is C24H30N8O5. The normalized spacial score (nSPS) is 26.8. The monoisotopic (exact) mass is 510 g/mol. The van der Waals surface area contributed by atoms with Gasteiger partial charge in [-0.25, -0.2) is 25.8 Å². The van der Waals surface area contributed by atoms with Gasteiger partial charge in [0.15, 0.2) is 23.5 Å². The number of hydrogen-bond donors (Lipinski definition) is 5. The first-order valence-electron chi connectivity index (χ1n) is 12.0. The van der Waals surface area contributed by atoms with E-state index in [1.54, 1.807) is 10.9 Å². The number of nitrogens with two attached hydrogens (primary N) is 1. The van der Waals surface area contributed by atoms with Crippen molar-refractivity contribution in [3.63, 3.8) is 0 Å². The number of anilines is 1. The zero-order valence-electron chi connectivity index (χ0n) is 20.7. The van der Waals surface area contributed by atoms with Crippen LogP contribution in [0.25, 0.3) is 11.2 Å². The van der Waals surface area contributed by atoms with Gasteiger partial charge in [0.1, 0.15) is 22.9 Å². The number of nitrogens with zero attached hydrogens (tertiary/aromatic N) is 4. The van der Waals surface area contributed by atoms with Crippen molar-refractivity contribution >= 4 is 22.9 Å². The van der Waals surface area contributed by atoms with Crippen LogP contribution in [0.1, 0.15) is 51.6 Å². The number of nitrogens with one attached hydrogen (secondary N) is 3. The van der Waals surface area contributed by atoms with Crippen LogP contribution in [-0.2, 0) is 19.0 Å². The van der Waals surface area contributed by atoms with Crippen LogP contribution >= 0.6 is 0 Å². The highest BCUT2D eigenvalue weighted by Gasteiger charge is 2.61. The van der Waals surface area contributed by atoms with Crippen molar-refractivity contribution in [2.45, 2.75) is 68.9 Å². The lowest BCUT2D eigenvalue weighted by molar-refractivity contribution is -0.197. The molecule has 3 saturated heterocycles. The van der Waals surface area contributed by atoms with E-state index in [0.29, 0.717) is 30.4 Å². The predicted octanol–water partition coefficient (Wildman–Crippen LogP) is -0.715. The molecule has 0 aliphatic carbocycles. The Morgan fingerprint density at radius 3 is 2.92 bits per heavy atom. The van der Waals surface area contributed by atoms with E-state index in [4.69, 9.17) is 26.4 Å². The molecule has 3 atom stereocenters. The van der Waals surface area contributed by atoms with E-state index >= 15 is 0 Å². The maximum Gasteiger partial charge on any atom is 0.224 e. The van der Waals surface area contributed by atoms with Gasteiger partial charge in [-0.05, 0) is 26.2 Å². The number of carbonyl (C=O) groups excluding carboxylic acids is 1. The number of hydrogen-bond acceptors (Lipinski definition) is 11. The summed E-state index contributed by atoms with van der Waals surface area (Å²) in [6.07, 6.45) is 7.61. The number of hydrazine groups is 1. The maximum atomic E-state index is 12.2. The first-order valence-corrected chi connectivity index (χ1v) is 12.0. The fraction of sp³-hybridized carbons (Fsp3) is 0.583. The Morgan fingerprint density at radius 2 is 2.19 bits per heavy atom. The number of fused-ring (bicyclic) bond motifs is 2. The molecule has 0 aromatic carbocycles. The number of amides is 1. The van der Waals surface area contributed by atoms with Crippen molar-refractivity contribution in [2.24, 2.45) is 0 Å². The van der Waals surface area contributed by atoms with E-state index < -0.39 is 29.4 Å². The molecule has 2 aromatic rings. The number of aromatic nitrogens is 4. The van der Waals surface area contributed by atoms with Gasteiger partial charge in [0, 0.05) is 19.4 Å². The molecule has 13 nitrogen and oxygen atoms in total. The number of nitrogen functional groups attached to an aromatic ring is 1. The lowest BCUT2D eigenvalue weighted by Crippen LogP contribution is -2.41. The second kappa shape index (κ2) is 9.54. The molecule has 3 aliphatic heterocycles. The van der Waals surface area contributed by atoms with Gasteiger partial charge in [0.2, 0.25) is 11.7 Å². The Kier molecular flexibility index (Phi) is 6.53. The van der Waals surface area contributed by atoms with E-state index in [0.717, 1.165) is 0 Å². The quantitative estimate of drug-likeness (QED) is 0.223. The van der Waals surface area contributed by atoms with E-state index in [1.807, 2.05) is 13.8 Å². The van der Waals surface area contributed by atoms with Crippen LogP contribution in [0, 0.1) is 24.2 Å². The highest BCUT2D eigenvalue weighted by Crippen LogP contribution is 2.49. The van der Waals surface area contributed by atoms with E-state index in [-0.39, 0.29) is 43.7 Å². The third-order valence-corrected chi connectivity index (χ3v) is 6.60. The molecule has 6 N–H and O–H groups in total. The Hall–Kier alpha value is -3.30. The molecule has 196 valence electrons. The van der Waals surface area contributed by atoms with Crippen LogP contribution in [0.3, 0.4) is 0 Å². The number of aliphatic hydroxyl groups excluding tert-OH is 1. The minimum Gasteiger partial charge on any atom is -0.396 e. The average molecular weight is 511 g/mol. The summed E-state index contributed by atoms with van der Waals surface area (Å²) in [7, 11) is 0. The van der Waals surface area contributed by atoms with Crippen LogP contribution in [0.4, 0.5) is 5.82 Å². The summed E-state index contributed by atoms with van der Waals surface area (Å²) in [5.41, 5.74) is 11.7.